The number of ether oxygens (including phenoxy) is 1. The highest BCUT2D eigenvalue weighted by Gasteiger charge is 2.35. The van der Waals surface area contributed by atoms with E-state index < -0.39 is 11.9 Å². The van der Waals surface area contributed by atoms with Crippen LogP contribution in [0.15, 0.2) is 72.8 Å². The van der Waals surface area contributed by atoms with Gasteiger partial charge in [-0.2, -0.15) is 0 Å². The highest BCUT2D eigenvalue weighted by Crippen LogP contribution is 2.37. The Balaban J connectivity index is 1.88. The Morgan fingerprint density at radius 3 is 2.60 bits per heavy atom. The van der Waals surface area contributed by atoms with Crippen molar-refractivity contribution >= 4 is 17.5 Å². The summed E-state index contributed by atoms with van der Waals surface area (Å²) < 4.78 is 19.8. The Bertz CT molecular complexity index is 1080. The Morgan fingerprint density at radius 1 is 1.10 bits per heavy atom. The van der Waals surface area contributed by atoms with Crippen LogP contribution in [0.3, 0.4) is 0 Å². The molecular formula is C24H21FN2O3. The number of nitrogens with one attached hydrogen (secondary N) is 1. The second kappa shape index (κ2) is 8.37. The molecule has 30 heavy (non-hydrogen) atoms. The fourth-order valence-electron chi connectivity index (χ4n) is 3.74. The number of carbonyl (C=O) groups excluding carboxylic acids is 2. The van der Waals surface area contributed by atoms with E-state index in [-0.39, 0.29) is 18.4 Å². The fourth-order valence-corrected chi connectivity index (χ4v) is 3.74. The average Bonchev–Trinajstić information content (AvgIpc) is 2.90. The van der Waals surface area contributed by atoms with Crippen molar-refractivity contribution in [1.82, 2.24) is 4.90 Å². The molecule has 0 radical (unpaired) electrons. The zero-order chi connectivity index (χ0) is 21.1. The first kappa shape index (κ1) is 19.6. The van der Waals surface area contributed by atoms with Gasteiger partial charge in [0.15, 0.2) is 0 Å². The Hall–Kier alpha value is -3.67. The van der Waals surface area contributed by atoms with Crippen molar-refractivity contribution in [2.24, 2.45) is 0 Å². The van der Waals surface area contributed by atoms with Gasteiger partial charge in [-0.05, 0) is 42.8 Å². The molecule has 2 amide bonds. The van der Waals surface area contributed by atoms with E-state index in [0.29, 0.717) is 29.2 Å². The average molecular weight is 404 g/mol. The van der Waals surface area contributed by atoms with Crippen molar-refractivity contribution in [3.63, 3.8) is 0 Å². The number of benzene rings is 3. The summed E-state index contributed by atoms with van der Waals surface area (Å²) in [6.45, 7) is 2.07. The topological polar surface area (TPSA) is 58.6 Å². The molecular weight excluding hydrogens is 383 g/mol. The third-order valence-corrected chi connectivity index (χ3v) is 5.00. The monoisotopic (exact) mass is 404 g/mol. The van der Waals surface area contributed by atoms with Crippen LogP contribution in [0.5, 0.6) is 5.75 Å². The van der Waals surface area contributed by atoms with Crippen molar-refractivity contribution in [3.05, 3.63) is 95.3 Å². The molecule has 0 spiro atoms. The molecule has 1 N–H and O–H groups in total. The second-order valence-corrected chi connectivity index (χ2v) is 6.96. The van der Waals surface area contributed by atoms with Gasteiger partial charge in [-0.25, -0.2) is 4.39 Å². The number of halogens is 1. The lowest BCUT2D eigenvalue weighted by atomic mass is 9.95. The van der Waals surface area contributed by atoms with Gasteiger partial charge in [0.05, 0.1) is 18.2 Å². The number of anilines is 1. The Morgan fingerprint density at radius 2 is 1.83 bits per heavy atom. The number of nitrogens with zero attached hydrogens (tertiary/aromatic N) is 1. The third kappa shape index (κ3) is 3.76. The van der Waals surface area contributed by atoms with Crippen LogP contribution in [0.2, 0.25) is 0 Å². The normalized spacial score (nSPS) is 15.7. The van der Waals surface area contributed by atoms with Crippen molar-refractivity contribution in [2.45, 2.75) is 13.0 Å². The highest BCUT2D eigenvalue weighted by atomic mass is 19.1. The second-order valence-electron chi connectivity index (χ2n) is 6.96. The number of fused-ring (bicyclic) bond motifs is 1. The minimum Gasteiger partial charge on any atom is -0.493 e. The first-order valence-electron chi connectivity index (χ1n) is 9.75. The predicted octanol–water partition coefficient (Wildman–Crippen LogP) is 4.41. The van der Waals surface area contributed by atoms with Crippen LogP contribution in [0, 0.1) is 5.82 Å². The lowest BCUT2D eigenvalue weighted by molar-refractivity contribution is -0.117. The van der Waals surface area contributed by atoms with Crippen molar-refractivity contribution < 1.29 is 18.7 Å². The van der Waals surface area contributed by atoms with Crippen LogP contribution in [0.25, 0.3) is 0 Å². The van der Waals surface area contributed by atoms with Gasteiger partial charge in [-0.3, -0.25) is 9.59 Å². The van der Waals surface area contributed by atoms with E-state index in [9.17, 15) is 14.0 Å². The Labute approximate surface area is 174 Å². The number of hydrogen-bond acceptors (Lipinski definition) is 3. The van der Waals surface area contributed by atoms with Gasteiger partial charge in [-0.15, -0.1) is 0 Å². The molecule has 0 aromatic heterocycles. The van der Waals surface area contributed by atoms with E-state index in [4.69, 9.17) is 4.74 Å². The zero-order valence-electron chi connectivity index (χ0n) is 16.5. The summed E-state index contributed by atoms with van der Waals surface area (Å²) in [6.07, 6.45) is 0. The van der Waals surface area contributed by atoms with Gasteiger partial charge < -0.3 is 15.0 Å². The maximum absolute atomic E-state index is 14.2. The summed E-state index contributed by atoms with van der Waals surface area (Å²) in [7, 11) is 0. The molecule has 0 bridgehead atoms. The molecule has 1 heterocycles. The lowest BCUT2D eigenvalue weighted by Crippen LogP contribution is -2.39. The largest absolute Gasteiger partial charge is 0.493 e. The summed E-state index contributed by atoms with van der Waals surface area (Å²) in [5.41, 5.74) is 2.15. The molecule has 0 saturated carbocycles. The standard InChI is InChI=1S/C24H21FN2O3/c1-2-30-21-11-7-6-10-18(21)24(29)27-15-22(28)26-20-13-12-17(25)14-19(20)23(27)16-8-4-3-5-9-16/h3-14,23H,2,15H2,1H3,(H,26,28)/t23-/m1/s1. The van der Waals surface area contributed by atoms with Crippen LogP contribution >= 0.6 is 0 Å². The SMILES string of the molecule is CCOc1ccccc1C(=O)N1CC(=O)Nc2ccc(F)cc2[C@H]1c1ccccc1. The summed E-state index contributed by atoms with van der Waals surface area (Å²) in [6, 6.07) is 19.8. The summed E-state index contributed by atoms with van der Waals surface area (Å²) in [5.74, 6) is -0.697. The summed E-state index contributed by atoms with van der Waals surface area (Å²) in [4.78, 5) is 27.7. The van der Waals surface area contributed by atoms with Crippen LogP contribution in [0.4, 0.5) is 10.1 Å². The van der Waals surface area contributed by atoms with E-state index in [1.807, 2.05) is 37.3 Å². The van der Waals surface area contributed by atoms with E-state index in [2.05, 4.69) is 5.32 Å². The first-order valence-corrected chi connectivity index (χ1v) is 9.75. The predicted molar refractivity (Wildman–Crippen MR) is 112 cm³/mol. The molecule has 3 aromatic carbocycles. The molecule has 1 atom stereocenters. The molecule has 1 aliphatic rings. The number of para-hydroxylation sites is 1. The Kier molecular flexibility index (Phi) is 5.48. The molecule has 6 heteroatoms. The minimum absolute atomic E-state index is 0.171. The smallest absolute Gasteiger partial charge is 0.258 e. The molecule has 0 fully saturated rings. The maximum atomic E-state index is 14.2. The molecule has 5 nitrogen and oxygen atoms in total. The van der Waals surface area contributed by atoms with Gasteiger partial charge in [0.2, 0.25) is 5.91 Å². The van der Waals surface area contributed by atoms with Crippen molar-refractivity contribution in [3.8, 4) is 5.75 Å². The molecule has 1 aliphatic heterocycles. The van der Waals surface area contributed by atoms with Crippen LogP contribution in [-0.2, 0) is 4.79 Å². The van der Waals surface area contributed by atoms with Crippen molar-refractivity contribution in [2.75, 3.05) is 18.5 Å². The molecule has 4 rings (SSSR count). The van der Waals surface area contributed by atoms with Gasteiger partial charge >= 0.3 is 0 Å². The molecule has 3 aromatic rings. The number of amides is 2. The number of carbonyl (C=O) groups is 2. The number of rotatable bonds is 4. The number of hydrogen-bond donors (Lipinski definition) is 1. The van der Waals surface area contributed by atoms with Crippen LogP contribution in [-0.4, -0.2) is 29.9 Å². The van der Waals surface area contributed by atoms with Gasteiger partial charge in [0.1, 0.15) is 18.1 Å². The van der Waals surface area contributed by atoms with E-state index in [1.54, 1.807) is 24.3 Å². The van der Waals surface area contributed by atoms with Crippen LogP contribution < -0.4 is 10.1 Å². The molecule has 0 saturated heterocycles. The molecule has 0 unspecified atom stereocenters. The quantitative estimate of drug-likeness (QED) is 0.701. The van der Waals surface area contributed by atoms with Crippen LogP contribution in [0.1, 0.15) is 34.5 Å². The summed E-state index contributed by atoms with van der Waals surface area (Å²) in [5, 5.41) is 2.79. The highest BCUT2D eigenvalue weighted by molar-refractivity contribution is 6.02. The van der Waals surface area contributed by atoms with Gasteiger partial charge in [0.25, 0.3) is 5.91 Å². The fraction of sp³-hybridized carbons (Fsp3) is 0.167. The third-order valence-electron chi connectivity index (χ3n) is 5.00. The van der Waals surface area contributed by atoms with E-state index in [1.165, 1.54) is 23.1 Å². The lowest BCUT2D eigenvalue weighted by Gasteiger charge is -2.31. The van der Waals surface area contributed by atoms with Crippen molar-refractivity contribution in [1.29, 1.82) is 0 Å². The zero-order valence-corrected chi connectivity index (χ0v) is 16.5. The van der Waals surface area contributed by atoms with E-state index in [0.717, 1.165) is 5.56 Å². The minimum atomic E-state index is -0.641. The van der Waals surface area contributed by atoms with Gasteiger partial charge in [0, 0.05) is 11.3 Å². The van der Waals surface area contributed by atoms with E-state index >= 15 is 0 Å². The van der Waals surface area contributed by atoms with Gasteiger partial charge in [-0.1, -0.05) is 42.5 Å². The molecule has 152 valence electrons. The molecule has 0 aliphatic carbocycles. The first-order chi connectivity index (χ1) is 14.6. The maximum Gasteiger partial charge on any atom is 0.258 e. The summed E-state index contributed by atoms with van der Waals surface area (Å²) >= 11 is 0.